The Labute approximate surface area is 134 Å². The van der Waals surface area contributed by atoms with Gasteiger partial charge in [0.2, 0.25) is 11.8 Å². The third kappa shape index (κ3) is 13.4. The van der Waals surface area contributed by atoms with E-state index in [-0.39, 0.29) is 18.4 Å². The molecule has 130 valence electrons. The van der Waals surface area contributed by atoms with Gasteiger partial charge in [0.1, 0.15) is 18.2 Å². The largest absolute Gasteiger partial charge is 0.459 e. The van der Waals surface area contributed by atoms with Crippen LogP contribution in [0.25, 0.3) is 0 Å². The second-order valence-corrected chi connectivity index (χ2v) is 6.43. The van der Waals surface area contributed by atoms with E-state index in [0.29, 0.717) is 0 Å². The fourth-order valence-corrected chi connectivity index (χ4v) is 1.40. The van der Waals surface area contributed by atoms with E-state index in [0.717, 1.165) is 0 Å². The maximum Gasteiger partial charge on any atom is 0.325 e. The van der Waals surface area contributed by atoms with Crippen LogP contribution in [-0.4, -0.2) is 36.0 Å². The topological polar surface area (TPSA) is 84.5 Å². The van der Waals surface area contributed by atoms with Crippen LogP contribution in [0, 0.1) is 5.92 Å². The number of carbonyl (C=O) groups excluding carboxylic acids is 3. The van der Waals surface area contributed by atoms with E-state index in [2.05, 4.69) is 24.5 Å². The Hall–Kier alpha value is -1.59. The van der Waals surface area contributed by atoms with Gasteiger partial charge < -0.3 is 15.4 Å². The van der Waals surface area contributed by atoms with Crippen molar-refractivity contribution >= 4 is 17.8 Å². The molecule has 1 atom stereocenters. The molecule has 0 heterocycles. The number of rotatable bonds is 5. The van der Waals surface area contributed by atoms with Crippen LogP contribution in [0.5, 0.6) is 0 Å². The van der Waals surface area contributed by atoms with Crippen molar-refractivity contribution in [3.63, 3.8) is 0 Å². The smallest absolute Gasteiger partial charge is 0.325 e. The van der Waals surface area contributed by atoms with E-state index in [4.69, 9.17) is 4.74 Å². The van der Waals surface area contributed by atoms with Crippen molar-refractivity contribution < 1.29 is 19.1 Å². The van der Waals surface area contributed by atoms with E-state index in [1.54, 1.807) is 20.8 Å². The summed E-state index contributed by atoms with van der Waals surface area (Å²) in [5.74, 6) is -1.25. The molecule has 0 aliphatic heterocycles. The Balaban J connectivity index is 0. The minimum Gasteiger partial charge on any atom is -0.459 e. The predicted molar refractivity (Wildman–Crippen MR) is 87.3 cm³/mol. The summed E-state index contributed by atoms with van der Waals surface area (Å²) in [6.07, 6.45) is 1.25. The van der Waals surface area contributed by atoms with Crippen molar-refractivity contribution in [2.45, 2.75) is 73.5 Å². The number of carbonyl (C=O) groups is 3. The Morgan fingerprint density at radius 1 is 1.09 bits per heavy atom. The lowest BCUT2D eigenvalue weighted by molar-refractivity contribution is -0.154. The average molecular weight is 316 g/mol. The van der Waals surface area contributed by atoms with E-state index in [1.165, 1.54) is 13.3 Å². The normalized spacial score (nSPS) is 11.9. The van der Waals surface area contributed by atoms with Crippen LogP contribution >= 0.6 is 0 Å². The van der Waals surface area contributed by atoms with Gasteiger partial charge in [0, 0.05) is 6.92 Å². The van der Waals surface area contributed by atoms with Gasteiger partial charge >= 0.3 is 5.97 Å². The molecule has 0 bridgehead atoms. The standard InChI is InChI=1S/C13H24N2O4.C3H8/c1-8(2)11(15-9(3)16)12(18)14-7-10(17)19-13(4,5)6;1-3-2/h8,11H,7H2,1-6H3,(H,14,18)(H,15,16);3H2,1-2H3. The maximum absolute atomic E-state index is 11.9. The van der Waals surface area contributed by atoms with Gasteiger partial charge in [0.15, 0.2) is 0 Å². The first-order chi connectivity index (χ1) is 9.94. The fourth-order valence-electron chi connectivity index (χ4n) is 1.40. The van der Waals surface area contributed by atoms with Gasteiger partial charge in [0.25, 0.3) is 0 Å². The third-order valence-electron chi connectivity index (χ3n) is 2.13. The Bertz CT molecular complexity index is 360. The molecule has 0 saturated carbocycles. The summed E-state index contributed by atoms with van der Waals surface area (Å²) in [4.78, 5) is 34.3. The molecule has 6 nitrogen and oxygen atoms in total. The van der Waals surface area contributed by atoms with Crippen molar-refractivity contribution in [1.29, 1.82) is 0 Å². The molecule has 2 amide bonds. The molecule has 0 fully saturated rings. The van der Waals surface area contributed by atoms with Gasteiger partial charge in [-0.2, -0.15) is 0 Å². The Morgan fingerprint density at radius 2 is 1.55 bits per heavy atom. The minimum absolute atomic E-state index is 0.0671. The summed E-state index contributed by atoms with van der Waals surface area (Å²) in [6, 6.07) is -0.653. The highest BCUT2D eigenvalue weighted by Crippen LogP contribution is 2.06. The predicted octanol–water partition coefficient (Wildman–Crippen LogP) is 2.02. The Kier molecular flexibility index (Phi) is 11.4. The molecule has 22 heavy (non-hydrogen) atoms. The number of nitrogens with one attached hydrogen (secondary N) is 2. The highest BCUT2D eigenvalue weighted by molar-refractivity contribution is 5.89. The molecule has 0 spiro atoms. The molecule has 1 unspecified atom stereocenters. The van der Waals surface area contributed by atoms with Gasteiger partial charge in [-0.15, -0.1) is 0 Å². The molecule has 0 aliphatic carbocycles. The van der Waals surface area contributed by atoms with Crippen LogP contribution in [0.4, 0.5) is 0 Å². The quantitative estimate of drug-likeness (QED) is 0.760. The van der Waals surface area contributed by atoms with Gasteiger partial charge in [-0.3, -0.25) is 14.4 Å². The Morgan fingerprint density at radius 3 is 1.86 bits per heavy atom. The number of hydrogen-bond acceptors (Lipinski definition) is 4. The molecule has 0 aromatic heterocycles. The van der Waals surface area contributed by atoms with Gasteiger partial charge in [-0.25, -0.2) is 0 Å². The van der Waals surface area contributed by atoms with Gasteiger partial charge in [-0.05, 0) is 26.7 Å². The highest BCUT2D eigenvalue weighted by atomic mass is 16.6. The molecule has 0 aromatic carbocycles. The number of ether oxygens (including phenoxy) is 1. The summed E-state index contributed by atoms with van der Waals surface area (Å²) < 4.78 is 5.07. The van der Waals surface area contributed by atoms with Crippen molar-refractivity contribution in [2.75, 3.05) is 6.54 Å². The molecule has 0 aliphatic rings. The lowest BCUT2D eigenvalue weighted by Crippen LogP contribution is -2.50. The summed E-state index contributed by atoms with van der Waals surface area (Å²) >= 11 is 0. The van der Waals surface area contributed by atoms with Gasteiger partial charge in [-0.1, -0.05) is 34.1 Å². The lowest BCUT2D eigenvalue weighted by Gasteiger charge is -2.22. The summed E-state index contributed by atoms with van der Waals surface area (Å²) in [5, 5.41) is 5.01. The van der Waals surface area contributed by atoms with Crippen molar-refractivity contribution in [2.24, 2.45) is 5.92 Å². The van der Waals surface area contributed by atoms with Crippen LogP contribution in [-0.2, 0) is 19.1 Å². The first-order valence-electron chi connectivity index (χ1n) is 7.71. The van der Waals surface area contributed by atoms with E-state index in [1.807, 2.05) is 13.8 Å². The molecule has 6 heteroatoms. The van der Waals surface area contributed by atoms with E-state index >= 15 is 0 Å². The second kappa shape index (κ2) is 11.0. The van der Waals surface area contributed by atoms with Crippen LogP contribution in [0.2, 0.25) is 0 Å². The van der Waals surface area contributed by atoms with Crippen LogP contribution in [0.3, 0.4) is 0 Å². The van der Waals surface area contributed by atoms with E-state index < -0.39 is 23.5 Å². The minimum atomic E-state index is -0.653. The summed E-state index contributed by atoms with van der Waals surface area (Å²) in [6.45, 7) is 14.3. The highest BCUT2D eigenvalue weighted by Gasteiger charge is 2.24. The second-order valence-electron chi connectivity index (χ2n) is 6.43. The number of esters is 1. The maximum atomic E-state index is 11.9. The molecule has 2 N–H and O–H groups in total. The lowest BCUT2D eigenvalue weighted by atomic mass is 10.0. The monoisotopic (exact) mass is 316 g/mol. The molecule has 0 radical (unpaired) electrons. The molecular formula is C16H32N2O4. The SMILES string of the molecule is CC(=O)NC(C(=O)NCC(=O)OC(C)(C)C)C(C)C.CCC. The average Bonchev–Trinajstić information content (AvgIpc) is 2.31. The fraction of sp³-hybridized carbons (Fsp3) is 0.812. The number of amides is 2. The zero-order valence-electron chi connectivity index (χ0n) is 15.2. The van der Waals surface area contributed by atoms with Crippen LogP contribution < -0.4 is 10.6 Å². The number of hydrogen-bond donors (Lipinski definition) is 2. The summed E-state index contributed by atoms with van der Waals surface area (Å²) in [7, 11) is 0. The van der Waals surface area contributed by atoms with Crippen molar-refractivity contribution in [1.82, 2.24) is 10.6 Å². The van der Waals surface area contributed by atoms with Crippen LogP contribution in [0.1, 0.15) is 61.8 Å². The third-order valence-corrected chi connectivity index (χ3v) is 2.13. The van der Waals surface area contributed by atoms with Crippen LogP contribution in [0.15, 0.2) is 0 Å². The van der Waals surface area contributed by atoms with Crippen molar-refractivity contribution in [3.05, 3.63) is 0 Å². The molecule has 0 rings (SSSR count). The molecule has 0 saturated heterocycles. The zero-order valence-corrected chi connectivity index (χ0v) is 15.2. The van der Waals surface area contributed by atoms with Crippen molar-refractivity contribution in [3.8, 4) is 0 Å². The first-order valence-corrected chi connectivity index (χ1v) is 7.71. The van der Waals surface area contributed by atoms with Gasteiger partial charge in [0.05, 0.1) is 0 Å². The summed E-state index contributed by atoms with van der Waals surface area (Å²) in [5.41, 5.74) is -0.586. The molecule has 0 aromatic rings. The zero-order chi connectivity index (χ0) is 17.9. The van der Waals surface area contributed by atoms with E-state index in [9.17, 15) is 14.4 Å². The molecular weight excluding hydrogens is 284 g/mol. The first kappa shape index (κ1) is 22.7.